The Morgan fingerprint density at radius 3 is 2.39 bits per heavy atom. The Morgan fingerprint density at radius 1 is 1.00 bits per heavy atom. The van der Waals surface area contributed by atoms with E-state index in [4.69, 9.17) is 16.3 Å². The van der Waals surface area contributed by atoms with Crippen molar-refractivity contribution in [1.29, 1.82) is 0 Å². The van der Waals surface area contributed by atoms with Crippen molar-refractivity contribution in [1.82, 2.24) is 0 Å². The largest absolute Gasteiger partial charge is 0.510 e. The molecular formula is C26H33ClO4. The second kappa shape index (κ2) is 9.60. The molecule has 0 fully saturated rings. The van der Waals surface area contributed by atoms with Gasteiger partial charge in [-0.1, -0.05) is 67.5 Å². The Hall–Kier alpha value is -2.07. The van der Waals surface area contributed by atoms with E-state index in [1.165, 1.54) is 12.5 Å². The number of halogens is 1. The van der Waals surface area contributed by atoms with Crippen molar-refractivity contribution in [2.75, 3.05) is 0 Å². The predicted molar refractivity (Wildman–Crippen MR) is 123 cm³/mol. The minimum atomic E-state index is -1.08. The van der Waals surface area contributed by atoms with E-state index in [9.17, 15) is 14.7 Å². The molecule has 8 atom stereocenters. The van der Waals surface area contributed by atoms with Gasteiger partial charge >= 0.3 is 5.97 Å². The van der Waals surface area contributed by atoms with Crippen LogP contribution in [0, 0.1) is 41.4 Å². The van der Waals surface area contributed by atoms with Crippen molar-refractivity contribution in [3.8, 4) is 0 Å². The molecule has 0 saturated heterocycles. The van der Waals surface area contributed by atoms with Crippen LogP contribution < -0.4 is 0 Å². The molecule has 0 unspecified atom stereocenters. The quantitative estimate of drug-likeness (QED) is 0.286. The molecule has 2 aliphatic carbocycles. The maximum atomic E-state index is 13.0. The van der Waals surface area contributed by atoms with Crippen LogP contribution >= 0.6 is 11.6 Å². The third-order valence-electron chi connectivity index (χ3n) is 6.94. The summed E-state index contributed by atoms with van der Waals surface area (Å²) < 4.78 is 5.35. The monoisotopic (exact) mass is 444 g/mol. The maximum Gasteiger partial charge on any atom is 0.317 e. The summed E-state index contributed by atoms with van der Waals surface area (Å²) in [5, 5.41) is 11.1. The lowest BCUT2D eigenvalue weighted by molar-refractivity contribution is -0.152. The smallest absolute Gasteiger partial charge is 0.317 e. The first kappa shape index (κ1) is 23.6. The summed E-state index contributed by atoms with van der Waals surface area (Å²) in [6.07, 6.45) is 14.8. The number of esters is 1. The van der Waals surface area contributed by atoms with Gasteiger partial charge in [-0.05, 0) is 62.9 Å². The summed E-state index contributed by atoms with van der Waals surface area (Å²) in [5.41, 5.74) is 1.34. The predicted octanol–water partition coefficient (Wildman–Crippen LogP) is 5.91. The highest BCUT2D eigenvalue weighted by Gasteiger charge is 2.45. The van der Waals surface area contributed by atoms with Gasteiger partial charge in [0.1, 0.15) is 22.8 Å². The molecule has 3 rings (SSSR count). The lowest BCUT2D eigenvalue weighted by Gasteiger charge is -2.46. The highest BCUT2D eigenvalue weighted by Crippen LogP contribution is 2.50. The Balaban J connectivity index is 2.12. The minimum absolute atomic E-state index is 0.00988. The summed E-state index contributed by atoms with van der Waals surface area (Å²) in [6, 6.07) is 0. The number of ether oxygens (including phenoxy) is 1. The molecule has 0 aromatic rings. The Kier molecular flexibility index (Phi) is 7.31. The SMILES string of the molecule is CC1=C[C@@H](C)[C@H]2[C@@H]3/C(O)=C(/Cl)C(=O)[C@H](C)C(=O)O[C@@H](C)/C=C\C=C/[C@@H](C)[C@@H]3C=C[C@@H]2C1. The molecule has 1 aliphatic heterocycles. The van der Waals surface area contributed by atoms with Gasteiger partial charge in [0.2, 0.25) is 0 Å². The standard InChI is InChI=1S/C26H33ClO4/c1-14-12-16(3)21-19(13-14)10-11-20-15(2)8-6-7-9-17(4)31-26(30)18(5)24(28)23(27)25(29)22(20)21/h6-12,15-22,29H,13H2,1-5H3/b8-6-,9-7-,25-23-/t15-,16-,17+,18+,19-,20+,21-,22-/m1/s1. The van der Waals surface area contributed by atoms with Gasteiger partial charge < -0.3 is 9.84 Å². The molecule has 0 bridgehead atoms. The van der Waals surface area contributed by atoms with E-state index in [0.717, 1.165) is 6.42 Å². The molecule has 4 nitrogen and oxygen atoms in total. The average Bonchev–Trinajstić information content (AvgIpc) is 2.72. The minimum Gasteiger partial charge on any atom is -0.510 e. The first-order valence-corrected chi connectivity index (χ1v) is 11.5. The fourth-order valence-electron chi connectivity index (χ4n) is 5.31. The van der Waals surface area contributed by atoms with Gasteiger partial charge in [0.25, 0.3) is 0 Å². The van der Waals surface area contributed by atoms with Crippen molar-refractivity contribution >= 4 is 23.4 Å². The number of aliphatic hydroxyl groups excluding tert-OH is 1. The average molecular weight is 445 g/mol. The molecule has 5 heteroatoms. The van der Waals surface area contributed by atoms with E-state index >= 15 is 0 Å². The number of allylic oxidation sites excluding steroid dienone is 9. The molecule has 168 valence electrons. The molecule has 31 heavy (non-hydrogen) atoms. The first-order valence-electron chi connectivity index (χ1n) is 11.2. The summed E-state index contributed by atoms with van der Waals surface area (Å²) in [7, 11) is 0. The van der Waals surface area contributed by atoms with Gasteiger partial charge in [-0.3, -0.25) is 9.59 Å². The van der Waals surface area contributed by atoms with Crippen molar-refractivity contribution in [3.05, 3.63) is 58.9 Å². The summed E-state index contributed by atoms with van der Waals surface area (Å²) in [5.74, 6) is -1.99. The van der Waals surface area contributed by atoms with Gasteiger partial charge in [0.15, 0.2) is 5.78 Å². The van der Waals surface area contributed by atoms with Crippen LogP contribution in [-0.4, -0.2) is 23.0 Å². The molecule has 1 N–H and O–H groups in total. The van der Waals surface area contributed by atoms with Crippen molar-refractivity contribution in [2.24, 2.45) is 41.4 Å². The van der Waals surface area contributed by atoms with Crippen molar-refractivity contribution < 1.29 is 19.4 Å². The van der Waals surface area contributed by atoms with Gasteiger partial charge in [-0.25, -0.2) is 0 Å². The molecule has 0 amide bonds. The lowest BCUT2D eigenvalue weighted by atomic mass is 9.59. The van der Waals surface area contributed by atoms with Crippen LogP contribution in [0.2, 0.25) is 0 Å². The number of ketones is 1. The van der Waals surface area contributed by atoms with E-state index in [2.05, 4.69) is 45.1 Å². The summed E-state index contributed by atoms with van der Waals surface area (Å²) in [4.78, 5) is 25.4. The Morgan fingerprint density at radius 2 is 1.68 bits per heavy atom. The van der Waals surface area contributed by atoms with E-state index in [1.54, 1.807) is 13.0 Å². The molecule has 0 radical (unpaired) electrons. The molecule has 0 saturated carbocycles. The number of hydrogen-bond donors (Lipinski definition) is 1. The molecule has 1 heterocycles. The van der Waals surface area contributed by atoms with Crippen LogP contribution in [0.3, 0.4) is 0 Å². The van der Waals surface area contributed by atoms with Gasteiger partial charge in [0.05, 0.1) is 0 Å². The maximum absolute atomic E-state index is 13.0. The van der Waals surface area contributed by atoms with Gasteiger partial charge in [0, 0.05) is 5.92 Å². The van der Waals surface area contributed by atoms with Gasteiger partial charge in [-0.15, -0.1) is 0 Å². The topological polar surface area (TPSA) is 63.6 Å². The van der Waals surface area contributed by atoms with E-state index in [-0.39, 0.29) is 46.3 Å². The fourth-order valence-corrected chi connectivity index (χ4v) is 5.60. The zero-order valence-electron chi connectivity index (χ0n) is 18.9. The lowest BCUT2D eigenvalue weighted by Crippen LogP contribution is -2.41. The second-order valence-corrected chi connectivity index (χ2v) is 9.74. The Labute approximate surface area is 190 Å². The number of carbonyl (C=O) groups excluding carboxylic acids is 2. The number of Topliss-reactive ketones (excluding diaryl/α,β-unsaturated/α-hetero) is 1. The van der Waals surface area contributed by atoms with Crippen molar-refractivity contribution in [2.45, 2.75) is 47.1 Å². The van der Waals surface area contributed by atoms with Crippen LogP contribution in [0.15, 0.2) is 58.9 Å². The molecule has 0 aromatic heterocycles. The third kappa shape index (κ3) is 4.90. The van der Waals surface area contributed by atoms with Crippen LogP contribution in [-0.2, 0) is 14.3 Å². The Bertz CT molecular complexity index is 878. The number of rotatable bonds is 0. The summed E-state index contributed by atoms with van der Waals surface area (Å²) in [6.45, 7) is 9.63. The molecule has 0 aromatic carbocycles. The number of aliphatic hydroxyl groups is 1. The zero-order chi connectivity index (χ0) is 22.9. The number of hydrogen-bond acceptors (Lipinski definition) is 4. The molecular weight excluding hydrogens is 412 g/mol. The van der Waals surface area contributed by atoms with Crippen molar-refractivity contribution in [3.63, 3.8) is 0 Å². The van der Waals surface area contributed by atoms with E-state index < -0.39 is 23.8 Å². The van der Waals surface area contributed by atoms with Gasteiger partial charge in [-0.2, -0.15) is 0 Å². The molecule has 3 aliphatic rings. The van der Waals surface area contributed by atoms with Crippen LogP contribution in [0.1, 0.15) is 41.0 Å². The first-order chi connectivity index (χ1) is 14.6. The second-order valence-electron chi connectivity index (χ2n) is 9.36. The highest BCUT2D eigenvalue weighted by atomic mass is 35.5. The normalized spacial score (nSPS) is 43.7. The number of fused-ring (bicyclic) bond motifs is 3. The van der Waals surface area contributed by atoms with Crippen LogP contribution in [0.5, 0.6) is 0 Å². The number of carbonyl (C=O) groups is 2. The highest BCUT2D eigenvalue weighted by molar-refractivity contribution is 6.44. The zero-order valence-corrected chi connectivity index (χ0v) is 19.7. The van der Waals surface area contributed by atoms with Crippen LogP contribution in [0.25, 0.3) is 0 Å². The summed E-state index contributed by atoms with van der Waals surface area (Å²) >= 11 is 6.46. The number of cyclic esters (lactones) is 1. The van der Waals surface area contributed by atoms with E-state index in [1.807, 2.05) is 12.2 Å². The fraction of sp³-hybridized carbons (Fsp3) is 0.538. The van der Waals surface area contributed by atoms with Crippen LogP contribution in [0.4, 0.5) is 0 Å². The molecule has 0 spiro atoms. The van der Waals surface area contributed by atoms with E-state index in [0.29, 0.717) is 0 Å². The third-order valence-corrected chi connectivity index (χ3v) is 7.32.